The highest BCUT2D eigenvalue weighted by molar-refractivity contribution is 9.10. The number of halogens is 2. The van der Waals surface area contributed by atoms with Crippen LogP contribution in [-0.4, -0.2) is 36.8 Å². The molecule has 5 rings (SSSR count). The van der Waals surface area contributed by atoms with Crippen LogP contribution in [0.5, 0.6) is 5.75 Å². The Labute approximate surface area is 263 Å². The van der Waals surface area contributed by atoms with Crippen LogP contribution in [0.15, 0.2) is 78.5 Å². The van der Waals surface area contributed by atoms with Gasteiger partial charge in [0.1, 0.15) is 23.3 Å². The molecule has 1 aliphatic heterocycles. The average Bonchev–Trinajstić information content (AvgIpc) is 3.55. The molecule has 43 heavy (non-hydrogen) atoms. The third-order valence-corrected chi connectivity index (χ3v) is 8.43. The lowest BCUT2D eigenvalue weighted by atomic mass is 9.95. The number of benzene rings is 2. The van der Waals surface area contributed by atoms with Crippen molar-refractivity contribution in [2.24, 2.45) is 4.99 Å². The molecule has 222 valence electrons. The van der Waals surface area contributed by atoms with Crippen LogP contribution < -0.4 is 19.6 Å². The number of thiazole rings is 1. The van der Waals surface area contributed by atoms with Crippen molar-refractivity contribution in [3.63, 3.8) is 0 Å². The molecule has 0 spiro atoms. The fourth-order valence-corrected chi connectivity index (χ4v) is 6.33. The number of allylic oxidation sites excluding steroid dienone is 1. The van der Waals surface area contributed by atoms with E-state index >= 15 is 0 Å². The van der Waals surface area contributed by atoms with Crippen molar-refractivity contribution in [2.75, 3.05) is 14.2 Å². The maximum absolute atomic E-state index is 14.0. The topological polar surface area (TPSA) is 109 Å². The lowest BCUT2D eigenvalue weighted by molar-refractivity contribution is -0.143. The van der Waals surface area contributed by atoms with E-state index in [0.29, 0.717) is 43.4 Å². The van der Waals surface area contributed by atoms with E-state index in [1.165, 1.54) is 30.1 Å². The predicted octanol–water partition coefficient (Wildman–Crippen LogP) is 5.66. The molecule has 9 nitrogen and oxygen atoms in total. The van der Waals surface area contributed by atoms with Crippen molar-refractivity contribution in [1.29, 1.82) is 0 Å². The van der Waals surface area contributed by atoms with Crippen LogP contribution in [0, 0.1) is 0 Å². The molecule has 0 saturated carbocycles. The van der Waals surface area contributed by atoms with Crippen molar-refractivity contribution >= 4 is 56.9 Å². The van der Waals surface area contributed by atoms with Crippen molar-refractivity contribution in [3.05, 3.63) is 106 Å². The molecule has 3 heterocycles. The minimum Gasteiger partial charge on any atom is -0.496 e. The molecular weight excluding hydrogens is 660 g/mol. The van der Waals surface area contributed by atoms with Gasteiger partial charge in [-0.1, -0.05) is 38.9 Å². The Morgan fingerprint density at radius 1 is 1.12 bits per heavy atom. The fourth-order valence-electron chi connectivity index (χ4n) is 4.73. The summed E-state index contributed by atoms with van der Waals surface area (Å²) in [5, 5.41) is 0.257. The average molecular weight is 686 g/mol. The van der Waals surface area contributed by atoms with Crippen LogP contribution in [-0.2, 0) is 14.3 Å². The first-order chi connectivity index (χ1) is 20.5. The Balaban J connectivity index is 1.64. The smallest absolute Gasteiger partial charge is 0.339 e. The first kappa shape index (κ1) is 30.5. The molecule has 0 unspecified atom stereocenters. The second-order valence-corrected chi connectivity index (χ2v) is 12.1. The molecule has 1 atom stereocenters. The number of fused-ring (bicyclic) bond motifs is 1. The quantitative estimate of drug-likeness (QED) is 0.231. The van der Waals surface area contributed by atoms with Crippen molar-refractivity contribution in [1.82, 2.24) is 4.57 Å². The van der Waals surface area contributed by atoms with Gasteiger partial charge in [0.05, 0.1) is 46.7 Å². The van der Waals surface area contributed by atoms with E-state index in [-0.39, 0.29) is 27.8 Å². The summed E-state index contributed by atoms with van der Waals surface area (Å²) in [7, 11) is 2.81. The third kappa shape index (κ3) is 5.97. The first-order valence-electron chi connectivity index (χ1n) is 13.1. The molecule has 1 aliphatic rings. The zero-order valence-electron chi connectivity index (χ0n) is 23.8. The van der Waals surface area contributed by atoms with Crippen LogP contribution in [0.4, 0.5) is 0 Å². The third-order valence-electron chi connectivity index (χ3n) is 6.63. The summed E-state index contributed by atoms with van der Waals surface area (Å²) in [5.74, 6) is 0.233. The first-order valence-corrected chi connectivity index (χ1v) is 15.1. The largest absolute Gasteiger partial charge is 0.496 e. The van der Waals surface area contributed by atoms with Gasteiger partial charge in [0.2, 0.25) is 0 Å². The van der Waals surface area contributed by atoms with Crippen LogP contribution in [0.1, 0.15) is 48.5 Å². The second kappa shape index (κ2) is 12.4. The Kier molecular flexibility index (Phi) is 8.77. The molecule has 0 saturated heterocycles. The van der Waals surface area contributed by atoms with Crippen LogP contribution in [0.25, 0.3) is 17.4 Å². The Bertz CT molecular complexity index is 1970. The van der Waals surface area contributed by atoms with Gasteiger partial charge in [-0.3, -0.25) is 9.36 Å². The number of nitrogens with zero attached hydrogens (tertiary/aromatic N) is 2. The normalized spacial score (nSPS) is 14.9. The lowest BCUT2D eigenvalue weighted by Crippen LogP contribution is -2.40. The minimum absolute atomic E-state index is 0.207. The van der Waals surface area contributed by atoms with E-state index < -0.39 is 18.0 Å². The molecule has 2 aromatic carbocycles. The number of esters is 2. The number of aromatic nitrogens is 1. The summed E-state index contributed by atoms with van der Waals surface area (Å²) in [6, 6.07) is 12.9. The van der Waals surface area contributed by atoms with Gasteiger partial charge in [0, 0.05) is 21.7 Å². The Hall–Kier alpha value is -3.93. The van der Waals surface area contributed by atoms with Gasteiger partial charge in [0.25, 0.3) is 5.56 Å². The number of carbonyl (C=O) groups is 2. The number of ether oxygens (including phenoxy) is 3. The molecule has 2 aromatic heterocycles. The highest BCUT2D eigenvalue weighted by Crippen LogP contribution is 2.37. The second-order valence-electron chi connectivity index (χ2n) is 9.81. The highest BCUT2D eigenvalue weighted by Gasteiger charge is 2.35. The molecule has 0 N–H and O–H groups in total. The molecular formula is C31H26BrClN2O7S. The molecule has 0 radical (unpaired) electrons. The monoisotopic (exact) mass is 684 g/mol. The summed E-state index contributed by atoms with van der Waals surface area (Å²) in [5.41, 5.74) is 1.73. The summed E-state index contributed by atoms with van der Waals surface area (Å²) < 4.78 is 24.6. The predicted molar refractivity (Wildman–Crippen MR) is 166 cm³/mol. The highest BCUT2D eigenvalue weighted by atomic mass is 79.9. The van der Waals surface area contributed by atoms with Crippen molar-refractivity contribution in [2.45, 2.75) is 32.9 Å². The van der Waals surface area contributed by atoms with Gasteiger partial charge < -0.3 is 18.6 Å². The van der Waals surface area contributed by atoms with E-state index in [1.54, 1.807) is 63.2 Å². The van der Waals surface area contributed by atoms with Gasteiger partial charge >= 0.3 is 11.9 Å². The zero-order valence-corrected chi connectivity index (χ0v) is 26.9. The van der Waals surface area contributed by atoms with E-state index in [2.05, 4.69) is 20.9 Å². The van der Waals surface area contributed by atoms with Gasteiger partial charge in [0.15, 0.2) is 4.80 Å². The minimum atomic E-state index is -0.852. The molecule has 0 aliphatic carbocycles. The number of hydrogen-bond acceptors (Lipinski definition) is 9. The number of methoxy groups -OCH3 is 2. The summed E-state index contributed by atoms with van der Waals surface area (Å²) in [6.07, 6.45) is 1.24. The maximum atomic E-state index is 14.0. The van der Waals surface area contributed by atoms with E-state index in [4.69, 9.17) is 30.2 Å². The Morgan fingerprint density at radius 2 is 1.88 bits per heavy atom. The van der Waals surface area contributed by atoms with Gasteiger partial charge in [-0.05, 0) is 69.3 Å². The number of rotatable bonds is 7. The number of carbonyl (C=O) groups excluding carboxylic acids is 2. The summed E-state index contributed by atoms with van der Waals surface area (Å²) in [4.78, 5) is 44.5. The fraction of sp³-hybridized carbons (Fsp3) is 0.226. The van der Waals surface area contributed by atoms with Crippen LogP contribution in [0.3, 0.4) is 0 Å². The van der Waals surface area contributed by atoms with E-state index in [1.807, 2.05) is 12.1 Å². The van der Waals surface area contributed by atoms with E-state index in [0.717, 1.165) is 4.47 Å². The van der Waals surface area contributed by atoms with Crippen LogP contribution in [0.2, 0.25) is 5.02 Å². The SMILES string of the molecule is COC(=O)c1cc(-c2ccc(/C=c3\sc4n(c3=O)[C@H](c3cc(Br)ccc3OC)C(C(=O)OC(C)C)=C(C)N=4)o2)ccc1Cl. The summed E-state index contributed by atoms with van der Waals surface area (Å²) >= 11 is 10.8. The van der Waals surface area contributed by atoms with Crippen LogP contribution >= 0.6 is 38.9 Å². The van der Waals surface area contributed by atoms with Gasteiger partial charge in [-0.2, -0.15) is 0 Å². The molecule has 0 fully saturated rings. The van der Waals surface area contributed by atoms with Crippen molar-refractivity contribution < 1.29 is 28.2 Å². The molecule has 4 aromatic rings. The molecule has 0 amide bonds. The maximum Gasteiger partial charge on any atom is 0.339 e. The number of furan rings is 1. The van der Waals surface area contributed by atoms with Gasteiger partial charge in [-0.25, -0.2) is 14.6 Å². The van der Waals surface area contributed by atoms with Gasteiger partial charge in [-0.15, -0.1) is 0 Å². The molecule has 12 heteroatoms. The molecule has 0 bridgehead atoms. The zero-order chi connectivity index (χ0) is 31.0. The lowest BCUT2D eigenvalue weighted by Gasteiger charge is -2.26. The van der Waals surface area contributed by atoms with E-state index in [9.17, 15) is 14.4 Å². The summed E-state index contributed by atoms with van der Waals surface area (Å²) in [6.45, 7) is 5.24. The number of hydrogen-bond donors (Lipinski definition) is 0. The standard InChI is InChI=1S/C31H26BrClN2O7S/c1-15(2)41-30(38)26-16(3)34-31-35(27(26)21-13-18(32)7-10-24(21)39-4)28(36)25(43-31)14-19-8-11-23(42-19)17-6-9-22(33)20(12-17)29(37)40-5/h6-15,27H,1-5H3/b25-14-/t27-/m1/s1. The van der Waals surface area contributed by atoms with Crippen molar-refractivity contribution in [3.8, 4) is 17.1 Å². The Morgan fingerprint density at radius 3 is 2.58 bits per heavy atom.